The van der Waals surface area contributed by atoms with E-state index in [1.54, 1.807) is 25.2 Å². The summed E-state index contributed by atoms with van der Waals surface area (Å²) >= 11 is 2.05. The van der Waals surface area contributed by atoms with Gasteiger partial charge in [-0.1, -0.05) is 42.5 Å². The summed E-state index contributed by atoms with van der Waals surface area (Å²) in [5.41, 5.74) is 1.47. The van der Waals surface area contributed by atoms with Crippen LogP contribution in [0.1, 0.15) is 22.8 Å². The smallest absolute Gasteiger partial charge is 0.326 e. The number of hydrogen-bond acceptors (Lipinski definition) is 4. The number of halogens is 1. The van der Waals surface area contributed by atoms with Gasteiger partial charge in [0.15, 0.2) is 6.10 Å². The lowest BCUT2D eigenvalue weighted by Gasteiger charge is -2.21. The Hall–Kier alpha value is -2.42. The number of carbonyl (C=O) groups is 3. The Morgan fingerprint density at radius 1 is 1.07 bits per heavy atom. The summed E-state index contributed by atoms with van der Waals surface area (Å²) < 4.78 is 5.93. The van der Waals surface area contributed by atoms with Crippen molar-refractivity contribution in [3.8, 4) is 0 Å². The van der Waals surface area contributed by atoms with E-state index in [4.69, 9.17) is 4.74 Å². The van der Waals surface area contributed by atoms with E-state index in [1.807, 2.05) is 36.4 Å². The molecule has 6 nitrogen and oxygen atoms in total. The van der Waals surface area contributed by atoms with Crippen LogP contribution in [0.15, 0.2) is 54.6 Å². The predicted molar refractivity (Wildman–Crippen MR) is 110 cm³/mol. The highest BCUT2D eigenvalue weighted by molar-refractivity contribution is 14.1. The number of carbonyl (C=O) groups excluding carboxylic acids is 3. The van der Waals surface area contributed by atoms with Gasteiger partial charge in [0.1, 0.15) is 6.54 Å². The molecule has 142 valence electrons. The highest BCUT2D eigenvalue weighted by Crippen LogP contribution is 2.11. The molecule has 0 spiro atoms. The molecule has 0 saturated carbocycles. The highest BCUT2D eigenvalue weighted by Gasteiger charge is 2.22. The molecule has 1 atom stereocenters. The van der Waals surface area contributed by atoms with Gasteiger partial charge in [0.05, 0.1) is 5.56 Å². The maximum atomic E-state index is 12.3. The number of nitrogens with zero attached hydrogens (tertiary/aromatic N) is 1. The van der Waals surface area contributed by atoms with Crippen LogP contribution in [0.4, 0.5) is 0 Å². The van der Waals surface area contributed by atoms with E-state index >= 15 is 0 Å². The van der Waals surface area contributed by atoms with Crippen molar-refractivity contribution in [2.75, 3.05) is 13.6 Å². The van der Waals surface area contributed by atoms with Gasteiger partial charge in [-0.2, -0.15) is 0 Å². The van der Waals surface area contributed by atoms with Crippen molar-refractivity contribution in [2.45, 2.75) is 19.6 Å². The van der Waals surface area contributed by atoms with E-state index < -0.39 is 12.1 Å². The number of amides is 2. The van der Waals surface area contributed by atoms with Gasteiger partial charge < -0.3 is 15.0 Å². The molecule has 2 amide bonds. The van der Waals surface area contributed by atoms with Crippen LogP contribution in [0.5, 0.6) is 0 Å². The zero-order valence-electron chi connectivity index (χ0n) is 15.1. The second kappa shape index (κ2) is 10.1. The van der Waals surface area contributed by atoms with Crippen molar-refractivity contribution in [2.24, 2.45) is 0 Å². The minimum Gasteiger partial charge on any atom is -0.451 e. The van der Waals surface area contributed by atoms with Crippen molar-refractivity contribution in [3.63, 3.8) is 0 Å². The van der Waals surface area contributed by atoms with E-state index in [2.05, 4.69) is 27.9 Å². The fourth-order valence-corrected chi connectivity index (χ4v) is 3.06. The third-order valence-corrected chi connectivity index (χ3v) is 4.75. The molecule has 0 bridgehead atoms. The first-order valence-electron chi connectivity index (χ1n) is 8.39. The first-order chi connectivity index (χ1) is 12.9. The number of likely N-dealkylation sites (N-methyl/N-ethyl adjacent to an activating group) is 1. The zero-order chi connectivity index (χ0) is 19.8. The summed E-state index contributed by atoms with van der Waals surface area (Å²) in [6.07, 6.45) is -0.931. The van der Waals surface area contributed by atoms with E-state index in [-0.39, 0.29) is 18.4 Å². The Kier molecular flexibility index (Phi) is 7.78. The SMILES string of the molecule is CC(OC(=O)CNC(=O)c1ccccc1I)C(=O)N(C)Cc1ccccc1. The van der Waals surface area contributed by atoms with E-state index in [1.165, 1.54) is 11.8 Å². The largest absolute Gasteiger partial charge is 0.451 e. The molecule has 27 heavy (non-hydrogen) atoms. The number of nitrogens with one attached hydrogen (secondary N) is 1. The second-order valence-electron chi connectivity index (χ2n) is 5.97. The minimum absolute atomic E-state index is 0.302. The Morgan fingerprint density at radius 3 is 2.37 bits per heavy atom. The topological polar surface area (TPSA) is 75.7 Å². The molecule has 1 N–H and O–H groups in total. The normalized spacial score (nSPS) is 11.4. The fourth-order valence-electron chi connectivity index (χ4n) is 2.43. The molecule has 1 unspecified atom stereocenters. The third kappa shape index (κ3) is 6.35. The van der Waals surface area contributed by atoms with E-state index in [9.17, 15) is 14.4 Å². The van der Waals surface area contributed by atoms with Crippen LogP contribution < -0.4 is 5.32 Å². The molecule has 2 rings (SSSR count). The summed E-state index contributed by atoms with van der Waals surface area (Å²) in [7, 11) is 1.65. The van der Waals surface area contributed by atoms with Crippen molar-refractivity contribution in [1.29, 1.82) is 0 Å². The van der Waals surface area contributed by atoms with Gasteiger partial charge >= 0.3 is 5.97 Å². The maximum absolute atomic E-state index is 12.3. The number of hydrogen-bond donors (Lipinski definition) is 1. The Labute approximate surface area is 172 Å². The quantitative estimate of drug-likeness (QED) is 0.489. The molecular formula is C20H21IN2O4. The monoisotopic (exact) mass is 480 g/mol. The molecule has 2 aromatic rings. The number of ether oxygens (including phenoxy) is 1. The van der Waals surface area contributed by atoms with Gasteiger partial charge in [-0.25, -0.2) is 0 Å². The lowest BCUT2D eigenvalue weighted by Crippen LogP contribution is -2.39. The molecule has 0 heterocycles. The van der Waals surface area contributed by atoms with Crippen LogP contribution in [0.3, 0.4) is 0 Å². The molecule has 0 aromatic heterocycles. The molecule has 0 aliphatic heterocycles. The number of benzene rings is 2. The first-order valence-corrected chi connectivity index (χ1v) is 9.47. The predicted octanol–water partition coefficient (Wildman–Crippen LogP) is 2.61. The van der Waals surface area contributed by atoms with Crippen LogP contribution in [-0.2, 0) is 20.9 Å². The maximum Gasteiger partial charge on any atom is 0.326 e. The van der Waals surface area contributed by atoms with Crippen molar-refractivity contribution in [3.05, 3.63) is 69.3 Å². The van der Waals surface area contributed by atoms with Crippen molar-refractivity contribution >= 4 is 40.4 Å². The standard InChI is InChI=1S/C20H21IN2O4/c1-14(20(26)23(2)13-15-8-4-3-5-9-15)27-18(24)12-22-19(25)16-10-6-7-11-17(16)21/h3-11,14H,12-13H2,1-2H3,(H,22,25). The van der Waals surface area contributed by atoms with Crippen LogP contribution in [-0.4, -0.2) is 42.4 Å². The number of esters is 1. The van der Waals surface area contributed by atoms with Gasteiger partial charge in [0.25, 0.3) is 11.8 Å². The average Bonchev–Trinajstić information content (AvgIpc) is 2.66. The van der Waals surface area contributed by atoms with E-state index in [0.717, 1.165) is 9.13 Å². The van der Waals surface area contributed by atoms with Crippen LogP contribution in [0.2, 0.25) is 0 Å². The molecular weight excluding hydrogens is 459 g/mol. The zero-order valence-corrected chi connectivity index (χ0v) is 17.3. The van der Waals surface area contributed by atoms with Gasteiger partial charge in [0.2, 0.25) is 0 Å². The minimum atomic E-state index is -0.931. The van der Waals surface area contributed by atoms with Crippen molar-refractivity contribution < 1.29 is 19.1 Å². The molecule has 2 aromatic carbocycles. The molecule has 0 fully saturated rings. The van der Waals surface area contributed by atoms with Crippen molar-refractivity contribution in [1.82, 2.24) is 10.2 Å². The molecule has 7 heteroatoms. The van der Waals surface area contributed by atoms with Gasteiger partial charge in [-0.15, -0.1) is 0 Å². The van der Waals surface area contributed by atoms with E-state index in [0.29, 0.717) is 12.1 Å². The summed E-state index contributed by atoms with van der Waals surface area (Å²) in [6.45, 7) is 1.64. The molecule has 0 aliphatic rings. The van der Waals surface area contributed by atoms with Crippen LogP contribution >= 0.6 is 22.6 Å². The fraction of sp³-hybridized carbons (Fsp3) is 0.250. The first kappa shape index (κ1) is 20.9. The second-order valence-corrected chi connectivity index (χ2v) is 7.14. The average molecular weight is 480 g/mol. The van der Waals surface area contributed by atoms with Gasteiger partial charge in [0, 0.05) is 17.2 Å². The summed E-state index contributed by atoms with van der Waals surface area (Å²) in [6, 6.07) is 16.6. The van der Waals surface area contributed by atoms with Crippen LogP contribution in [0.25, 0.3) is 0 Å². The Bertz CT molecular complexity index is 811. The Balaban J connectivity index is 1.81. The summed E-state index contributed by atoms with van der Waals surface area (Å²) in [5.74, 6) is -1.34. The van der Waals surface area contributed by atoms with Gasteiger partial charge in [-0.3, -0.25) is 14.4 Å². The summed E-state index contributed by atoms with van der Waals surface area (Å²) in [5, 5.41) is 2.51. The third-order valence-electron chi connectivity index (χ3n) is 3.81. The number of rotatable bonds is 7. The highest BCUT2D eigenvalue weighted by atomic mass is 127. The molecule has 0 radical (unpaired) electrons. The summed E-state index contributed by atoms with van der Waals surface area (Å²) in [4.78, 5) is 37.9. The molecule has 0 saturated heterocycles. The van der Waals surface area contributed by atoms with Gasteiger partial charge in [-0.05, 0) is 47.2 Å². The molecule has 0 aliphatic carbocycles. The lowest BCUT2D eigenvalue weighted by molar-refractivity contribution is -0.157. The van der Waals surface area contributed by atoms with Crippen LogP contribution in [0, 0.1) is 3.57 Å². The lowest BCUT2D eigenvalue weighted by atomic mass is 10.2. The Morgan fingerprint density at radius 2 is 1.70 bits per heavy atom.